The SMILES string of the molecule is CCC(C)CC(OCCOCCO)C(C)(C)C. The first-order valence-electron chi connectivity index (χ1n) is 6.72. The molecule has 0 aliphatic rings. The molecule has 0 rings (SSSR count). The Bertz CT molecular complexity index is 175. The van der Waals surface area contributed by atoms with Crippen LogP contribution in [0.3, 0.4) is 0 Å². The van der Waals surface area contributed by atoms with Crippen LogP contribution in [0, 0.1) is 11.3 Å². The van der Waals surface area contributed by atoms with Crippen molar-refractivity contribution in [3.05, 3.63) is 0 Å². The third-order valence-electron chi connectivity index (χ3n) is 3.06. The van der Waals surface area contributed by atoms with Gasteiger partial charge in [0, 0.05) is 0 Å². The lowest BCUT2D eigenvalue weighted by Crippen LogP contribution is -2.32. The van der Waals surface area contributed by atoms with Gasteiger partial charge in [-0.1, -0.05) is 41.0 Å². The maximum atomic E-state index is 8.59. The second kappa shape index (κ2) is 8.90. The minimum Gasteiger partial charge on any atom is -0.394 e. The van der Waals surface area contributed by atoms with Crippen LogP contribution < -0.4 is 0 Å². The van der Waals surface area contributed by atoms with Gasteiger partial charge in [0.25, 0.3) is 0 Å². The molecule has 0 aromatic carbocycles. The molecule has 0 radical (unpaired) electrons. The van der Waals surface area contributed by atoms with Crippen LogP contribution in [0.1, 0.15) is 47.5 Å². The molecule has 2 atom stereocenters. The summed E-state index contributed by atoms with van der Waals surface area (Å²) in [6.07, 6.45) is 2.56. The highest BCUT2D eigenvalue weighted by Crippen LogP contribution is 2.28. The van der Waals surface area contributed by atoms with Crippen molar-refractivity contribution in [2.75, 3.05) is 26.4 Å². The molecule has 1 N–H and O–H groups in total. The number of hydrogen-bond donors (Lipinski definition) is 1. The van der Waals surface area contributed by atoms with E-state index in [0.29, 0.717) is 25.7 Å². The Kier molecular flexibility index (Phi) is 8.83. The number of hydrogen-bond acceptors (Lipinski definition) is 3. The first-order chi connectivity index (χ1) is 7.91. The minimum atomic E-state index is 0.0789. The highest BCUT2D eigenvalue weighted by atomic mass is 16.5. The van der Waals surface area contributed by atoms with Gasteiger partial charge in [0.2, 0.25) is 0 Å². The number of rotatable bonds is 9. The predicted molar refractivity (Wildman–Crippen MR) is 71.2 cm³/mol. The molecular weight excluding hydrogens is 216 g/mol. The van der Waals surface area contributed by atoms with Gasteiger partial charge >= 0.3 is 0 Å². The Labute approximate surface area is 107 Å². The monoisotopic (exact) mass is 246 g/mol. The molecule has 0 spiro atoms. The summed E-state index contributed by atoms with van der Waals surface area (Å²) in [5.74, 6) is 0.692. The molecule has 3 heteroatoms. The smallest absolute Gasteiger partial charge is 0.0704 e. The zero-order valence-electron chi connectivity index (χ0n) is 12.2. The first-order valence-corrected chi connectivity index (χ1v) is 6.72. The van der Waals surface area contributed by atoms with E-state index in [0.717, 1.165) is 6.42 Å². The van der Waals surface area contributed by atoms with Crippen LogP contribution in [-0.2, 0) is 9.47 Å². The summed E-state index contributed by atoms with van der Waals surface area (Å²) in [5, 5.41) is 8.59. The Hall–Kier alpha value is -0.120. The summed E-state index contributed by atoms with van der Waals surface area (Å²) in [6, 6.07) is 0. The van der Waals surface area contributed by atoms with E-state index >= 15 is 0 Å². The Morgan fingerprint density at radius 3 is 2.24 bits per heavy atom. The van der Waals surface area contributed by atoms with Crippen LogP contribution in [0.4, 0.5) is 0 Å². The summed E-state index contributed by atoms with van der Waals surface area (Å²) in [5.41, 5.74) is 0.167. The molecule has 0 saturated heterocycles. The van der Waals surface area contributed by atoms with Gasteiger partial charge in [0.1, 0.15) is 0 Å². The lowest BCUT2D eigenvalue weighted by Gasteiger charge is -2.32. The molecule has 0 saturated carbocycles. The van der Waals surface area contributed by atoms with Gasteiger partial charge < -0.3 is 14.6 Å². The maximum absolute atomic E-state index is 8.59. The Morgan fingerprint density at radius 1 is 1.12 bits per heavy atom. The normalized spacial score (nSPS) is 15.9. The fourth-order valence-electron chi connectivity index (χ4n) is 1.62. The first kappa shape index (κ1) is 16.9. The van der Waals surface area contributed by atoms with Crippen molar-refractivity contribution in [1.29, 1.82) is 0 Å². The van der Waals surface area contributed by atoms with Crippen LogP contribution in [0.2, 0.25) is 0 Å². The topological polar surface area (TPSA) is 38.7 Å². The number of ether oxygens (including phenoxy) is 2. The van der Waals surface area contributed by atoms with Crippen LogP contribution >= 0.6 is 0 Å². The van der Waals surface area contributed by atoms with E-state index in [4.69, 9.17) is 14.6 Å². The molecule has 104 valence electrons. The van der Waals surface area contributed by atoms with Crippen molar-refractivity contribution in [3.63, 3.8) is 0 Å². The second-order valence-corrected chi connectivity index (χ2v) is 5.81. The molecule has 0 aliphatic carbocycles. The largest absolute Gasteiger partial charge is 0.394 e. The fraction of sp³-hybridized carbons (Fsp3) is 1.00. The highest BCUT2D eigenvalue weighted by Gasteiger charge is 2.26. The maximum Gasteiger partial charge on any atom is 0.0704 e. The van der Waals surface area contributed by atoms with E-state index in [1.54, 1.807) is 0 Å². The van der Waals surface area contributed by atoms with Crippen LogP contribution in [0.15, 0.2) is 0 Å². The summed E-state index contributed by atoms with van der Waals surface area (Å²) < 4.78 is 11.1. The van der Waals surface area contributed by atoms with Gasteiger partial charge in [0.05, 0.1) is 32.5 Å². The summed E-state index contributed by atoms with van der Waals surface area (Å²) in [4.78, 5) is 0. The predicted octanol–water partition coefficient (Wildman–Crippen LogP) is 2.86. The van der Waals surface area contributed by atoms with Crippen molar-refractivity contribution < 1.29 is 14.6 Å². The van der Waals surface area contributed by atoms with Crippen LogP contribution in [0.25, 0.3) is 0 Å². The van der Waals surface area contributed by atoms with Crippen molar-refractivity contribution in [1.82, 2.24) is 0 Å². The van der Waals surface area contributed by atoms with E-state index in [1.807, 2.05) is 0 Å². The molecule has 0 heterocycles. The molecule has 0 aromatic heterocycles. The average molecular weight is 246 g/mol. The van der Waals surface area contributed by atoms with Gasteiger partial charge in [0.15, 0.2) is 0 Å². The zero-order valence-corrected chi connectivity index (χ0v) is 12.2. The molecule has 0 aliphatic heterocycles. The molecule has 0 bridgehead atoms. The van der Waals surface area contributed by atoms with E-state index in [2.05, 4.69) is 34.6 Å². The van der Waals surface area contributed by atoms with Crippen LogP contribution in [-0.4, -0.2) is 37.6 Å². The quantitative estimate of drug-likeness (QED) is 0.636. The zero-order chi connectivity index (χ0) is 13.3. The van der Waals surface area contributed by atoms with E-state index in [9.17, 15) is 0 Å². The molecule has 0 aromatic rings. The lowest BCUT2D eigenvalue weighted by atomic mass is 9.83. The Balaban J connectivity index is 3.95. The number of aliphatic hydroxyl groups is 1. The third kappa shape index (κ3) is 8.58. The molecule has 0 amide bonds. The van der Waals surface area contributed by atoms with Crippen molar-refractivity contribution >= 4 is 0 Å². The lowest BCUT2D eigenvalue weighted by molar-refractivity contribution is -0.0558. The second-order valence-electron chi connectivity index (χ2n) is 5.81. The van der Waals surface area contributed by atoms with Gasteiger partial charge in [-0.3, -0.25) is 0 Å². The standard InChI is InChI=1S/C14H30O3/c1-6-12(2)11-13(14(3,4)5)17-10-9-16-8-7-15/h12-13,15H,6-11H2,1-5H3. The van der Waals surface area contributed by atoms with E-state index in [-0.39, 0.29) is 18.1 Å². The summed E-state index contributed by atoms with van der Waals surface area (Å²) >= 11 is 0. The van der Waals surface area contributed by atoms with Crippen LogP contribution in [0.5, 0.6) is 0 Å². The fourth-order valence-corrected chi connectivity index (χ4v) is 1.62. The number of aliphatic hydroxyl groups excluding tert-OH is 1. The van der Waals surface area contributed by atoms with Gasteiger partial charge in [-0.15, -0.1) is 0 Å². The summed E-state index contributed by atoms with van der Waals surface area (Å²) in [7, 11) is 0. The summed E-state index contributed by atoms with van der Waals surface area (Å²) in [6.45, 7) is 12.8. The van der Waals surface area contributed by atoms with Crippen molar-refractivity contribution in [3.8, 4) is 0 Å². The van der Waals surface area contributed by atoms with E-state index < -0.39 is 0 Å². The molecule has 3 nitrogen and oxygen atoms in total. The highest BCUT2D eigenvalue weighted by molar-refractivity contribution is 4.76. The van der Waals surface area contributed by atoms with Gasteiger partial charge in [-0.2, -0.15) is 0 Å². The molecule has 17 heavy (non-hydrogen) atoms. The molecule has 0 fully saturated rings. The third-order valence-corrected chi connectivity index (χ3v) is 3.06. The van der Waals surface area contributed by atoms with E-state index in [1.165, 1.54) is 6.42 Å². The average Bonchev–Trinajstić information content (AvgIpc) is 2.25. The minimum absolute atomic E-state index is 0.0789. The van der Waals surface area contributed by atoms with Crippen molar-refractivity contribution in [2.45, 2.75) is 53.6 Å². The molecular formula is C14H30O3. The Morgan fingerprint density at radius 2 is 1.76 bits per heavy atom. The van der Waals surface area contributed by atoms with Gasteiger partial charge in [-0.25, -0.2) is 0 Å². The molecule has 2 unspecified atom stereocenters. The van der Waals surface area contributed by atoms with Crippen molar-refractivity contribution in [2.24, 2.45) is 11.3 Å². The van der Waals surface area contributed by atoms with Gasteiger partial charge in [-0.05, 0) is 17.8 Å².